The highest BCUT2D eigenvalue weighted by Crippen LogP contribution is 2.27. The van der Waals surface area contributed by atoms with Crippen LogP contribution in [0.25, 0.3) is 16.9 Å². The molecule has 1 N–H and O–H groups in total. The fourth-order valence-electron chi connectivity index (χ4n) is 3.89. The Labute approximate surface area is 196 Å². The maximum atomic E-state index is 10.9. The molecule has 5 aromatic rings. The van der Waals surface area contributed by atoms with E-state index in [1.165, 1.54) is 10.8 Å². The van der Waals surface area contributed by atoms with E-state index in [1.807, 2.05) is 78.9 Å². The lowest BCUT2D eigenvalue weighted by molar-refractivity contribution is 0.104. The van der Waals surface area contributed by atoms with Crippen LogP contribution in [0, 0.1) is 11.3 Å². The van der Waals surface area contributed by atoms with Crippen molar-refractivity contribution < 1.29 is 9.84 Å². The molecule has 0 aliphatic heterocycles. The first kappa shape index (κ1) is 21.3. The van der Waals surface area contributed by atoms with Crippen molar-refractivity contribution in [2.24, 2.45) is 0 Å². The van der Waals surface area contributed by atoms with E-state index >= 15 is 0 Å². The predicted molar refractivity (Wildman–Crippen MR) is 127 cm³/mol. The van der Waals surface area contributed by atoms with Gasteiger partial charge in [0, 0.05) is 12.0 Å². The van der Waals surface area contributed by atoms with Crippen molar-refractivity contribution in [1.29, 1.82) is 5.26 Å². The highest BCUT2D eigenvalue weighted by atomic mass is 16.5. The third-order valence-electron chi connectivity index (χ3n) is 5.63. The molecule has 7 nitrogen and oxygen atoms in total. The first-order chi connectivity index (χ1) is 16.7. The number of ether oxygens (including phenoxy) is 1. The average molecular weight is 447 g/mol. The zero-order valence-corrected chi connectivity index (χ0v) is 18.3. The second-order valence-electron chi connectivity index (χ2n) is 7.84. The molecule has 5 rings (SSSR count). The molecule has 0 aliphatic rings. The van der Waals surface area contributed by atoms with E-state index in [0.29, 0.717) is 35.6 Å². The van der Waals surface area contributed by atoms with Gasteiger partial charge in [0.2, 0.25) is 5.88 Å². The van der Waals surface area contributed by atoms with Gasteiger partial charge >= 0.3 is 0 Å². The molecule has 0 saturated carbocycles. The number of hydrogen-bond donors (Lipinski definition) is 1. The van der Waals surface area contributed by atoms with Crippen molar-refractivity contribution in [1.82, 2.24) is 19.6 Å². The predicted octanol–water partition coefficient (Wildman–Crippen LogP) is 4.68. The minimum Gasteiger partial charge on any atom is -0.493 e. The fourth-order valence-corrected chi connectivity index (χ4v) is 3.89. The zero-order valence-electron chi connectivity index (χ0n) is 18.3. The van der Waals surface area contributed by atoms with Crippen LogP contribution in [0.3, 0.4) is 0 Å². The summed E-state index contributed by atoms with van der Waals surface area (Å²) in [6, 6.07) is 27.6. The van der Waals surface area contributed by atoms with Gasteiger partial charge in [-0.2, -0.15) is 19.9 Å². The fraction of sp³-hybridized carbons (Fsp3) is 0.111. The lowest BCUT2D eigenvalue weighted by Crippen LogP contribution is -2.07. The van der Waals surface area contributed by atoms with Crippen LogP contribution in [-0.2, 0) is 24.4 Å². The molecular weight excluding hydrogens is 426 g/mol. The molecule has 0 bridgehead atoms. The summed E-state index contributed by atoms with van der Waals surface area (Å²) in [5.41, 5.74) is 5.78. The minimum absolute atomic E-state index is 0.000265. The van der Waals surface area contributed by atoms with Gasteiger partial charge in [-0.05, 0) is 28.3 Å². The molecule has 0 saturated heterocycles. The monoisotopic (exact) mass is 447 g/mol. The van der Waals surface area contributed by atoms with Gasteiger partial charge in [0.1, 0.15) is 6.33 Å². The lowest BCUT2D eigenvalue weighted by Gasteiger charge is -2.13. The van der Waals surface area contributed by atoms with Crippen LogP contribution in [0.2, 0.25) is 0 Å². The van der Waals surface area contributed by atoms with Crippen LogP contribution in [0.4, 0.5) is 0 Å². The number of aromatic nitrogens is 4. The van der Waals surface area contributed by atoms with E-state index in [9.17, 15) is 10.4 Å². The number of fused-ring (bicyclic) bond motifs is 1. The van der Waals surface area contributed by atoms with E-state index in [0.717, 1.165) is 22.3 Å². The summed E-state index contributed by atoms with van der Waals surface area (Å²) in [5, 5.41) is 24.4. The molecule has 3 aromatic carbocycles. The highest BCUT2D eigenvalue weighted by Gasteiger charge is 2.17. The second kappa shape index (κ2) is 9.53. The molecule has 34 heavy (non-hydrogen) atoms. The van der Waals surface area contributed by atoms with Crippen LogP contribution < -0.4 is 0 Å². The first-order valence-electron chi connectivity index (χ1n) is 10.8. The summed E-state index contributed by atoms with van der Waals surface area (Å²) >= 11 is 0. The third kappa shape index (κ3) is 4.35. The minimum atomic E-state index is -0.000265. The first-order valence-corrected chi connectivity index (χ1v) is 10.8. The van der Waals surface area contributed by atoms with Crippen molar-refractivity contribution in [2.75, 3.05) is 0 Å². The highest BCUT2D eigenvalue weighted by molar-refractivity contribution is 5.70. The molecular formula is C27H21N5O2. The van der Waals surface area contributed by atoms with Crippen molar-refractivity contribution >= 4 is 5.78 Å². The Morgan fingerprint density at radius 1 is 0.882 bits per heavy atom. The molecule has 2 aromatic heterocycles. The third-order valence-corrected chi connectivity index (χ3v) is 5.63. The van der Waals surface area contributed by atoms with Gasteiger partial charge in [-0.15, -0.1) is 0 Å². The molecule has 0 amide bonds. The zero-order chi connectivity index (χ0) is 23.3. The number of aromatic hydroxyl groups is 1. The van der Waals surface area contributed by atoms with Gasteiger partial charge in [-0.25, -0.2) is 4.98 Å². The van der Waals surface area contributed by atoms with Crippen LogP contribution in [0.15, 0.2) is 85.2 Å². The molecule has 2 heterocycles. The molecule has 0 spiro atoms. The number of nitriles is 1. The number of benzene rings is 3. The Balaban J connectivity index is 1.41. The number of nitrogens with zero attached hydrogens (tertiary/aromatic N) is 5. The maximum Gasteiger partial charge on any atom is 0.255 e. The summed E-state index contributed by atoms with van der Waals surface area (Å²) in [6.07, 6.45) is 1.81. The Morgan fingerprint density at radius 3 is 2.44 bits per heavy atom. The van der Waals surface area contributed by atoms with Crippen molar-refractivity contribution in [3.8, 4) is 23.1 Å². The van der Waals surface area contributed by atoms with E-state index in [2.05, 4.69) is 21.1 Å². The smallest absolute Gasteiger partial charge is 0.255 e. The van der Waals surface area contributed by atoms with Crippen LogP contribution >= 0.6 is 0 Å². The normalized spacial score (nSPS) is 10.9. The molecule has 7 heteroatoms. The molecule has 166 valence electrons. The average Bonchev–Trinajstić information content (AvgIpc) is 3.36. The number of rotatable bonds is 7. The lowest BCUT2D eigenvalue weighted by atomic mass is 9.97. The van der Waals surface area contributed by atoms with Crippen molar-refractivity contribution in [3.63, 3.8) is 0 Å². The summed E-state index contributed by atoms with van der Waals surface area (Å²) in [7, 11) is 0. The molecule has 0 fully saturated rings. The standard InChI is InChI=1S/C27H21N5O2/c28-15-22-8-4-5-9-23(22)21-12-10-19(11-13-21)14-24-25(17-34-16-20-6-2-1-3-7-20)31-27-29-18-30-32(27)26(24)33/h1-13,18,33H,14,16-17H2. The van der Waals surface area contributed by atoms with Crippen molar-refractivity contribution in [3.05, 3.63) is 113 Å². The van der Waals surface area contributed by atoms with E-state index in [4.69, 9.17) is 4.74 Å². The van der Waals surface area contributed by atoms with Gasteiger partial charge in [0.05, 0.1) is 30.5 Å². The van der Waals surface area contributed by atoms with Crippen molar-refractivity contribution in [2.45, 2.75) is 19.6 Å². The molecule has 0 aliphatic carbocycles. The molecule has 0 radical (unpaired) electrons. The molecule has 0 atom stereocenters. The van der Waals surface area contributed by atoms with Crippen LogP contribution in [0.5, 0.6) is 5.88 Å². The van der Waals surface area contributed by atoms with Crippen LogP contribution in [-0.4, -0.2) is 24.7 Å². The van der Waals surface area contributed by atoms with Gasteiger partial charge in [-0.1, -0.05) is 72.8 Å². The van der Waals surface area contributed by atoms with E-state index < -0.39 is 0 Å². The second-order valence-corrected chi connectivity index (χ2v) is 7.84. The Morgan fingerprint density at radius 2 is 1.65 bits per heavy atom. The molecule has 0 unspecified atom stereocenters. The summed E-state index contributed by atoms with van der Waals surface area (Å²) in [4.78, 5) is 8.69. The quantitative estimate of drug-likeness (QED) is 0.389. The summed E-state index contributed by atoms with van der Waals surface area (Å²) in [5.74, 6) is 0.322. The summed E-state index contributed by atoms with van der Waals surface area (Å²) in [6.45, 7) is 0.669. The largest absolute Gasteiger partial charge is 0.493 e. The van der Waals surface area contributed by atoms with Crippen LogP contribution in [0.1, 0.15) is 27.9 Å². The van der Waals surface area contributed by atoms with E-state index in [1.54, 1.807) is 0 Å². The van der Waals surface area contributed by atoms with Gasteiger partial charge < -0.3 is 9.84 Å². The summed E-state index contributed by atoms with van der Waals surface area (Å²) < 4.78 is 7.23. The van der Waals surface area contributed by atoms with Gasteiger partial charge in [-0.3, -0.25) is 0 Å². The SMILES string of the molecule is N#Cc1ccccc1-c1ccc(Cc2c(COCc3ccccc3)nc3ncnn3c2O)cc1. The Hall–Kier alpha value is -4.54. The Kier molecular flexibility index (Phi) is 5.97. The van der Waals surface area contributed by atoms with Gasteiger partial charge in [0.15, 0.2) is 0 Å². The maximum absolute atomic E-state index is 10.9. The van der Waals surface area contributed by atoms with E-state index in [-0.39, 0.29) is 12.5 Å². The number of hydrogen-bond acceptors (Lipinski definition) is 6. The Bertz CT molecular complexity index is 1470. The topological polar surface area (TPSA) is 96.3 Å². The van der Waals surface area contributed by atoms with Gasteiger partial charge in [0.25, 0.3) is 5.78 Å².